The van der Waals surface area contributed by atoms with Crippen molar-refractivity contribution < 1.29 is 0 Å². The maximum Gasteiger partial charge on any atom is 0.0841 e. The number of nitrogens with zero attached hydrogens (tertiary/aromatic N) is 1. The standard InChI is InChI=1S/C8H14N2/c1-8(2)4-3-6-10-7-5-9/h4,10H,3,6-7H2,1-2H3. The molecule has 0 saturated carbocycles. The van der Waals surface area contributed by atoms with Crippen LogP contribution in [-0.4, -0.2) is 13.1 Å². The van der Waals surface area contributed by atoms with Gasteiger partial charge < -0.3 is 5.32 Å². The molecule has 0 bridgehead atoms. The lowest BCUT2D eigenvalue weighted by Crippen LogP contribution is -2.14. The second-order valence-electron chi connectivity index (χ2n) is 2.41. The van der Waals surface area contributed by atoms with Crippen LogP contribution in [0.3, 0.4) is 0 Å². The maximum absolute atomic E-state index is 8.15. The molecule has 0 unspecified atom stereocenters. The van der Waals surface area contributed by atoms with E-state index in [2.05, 4.69) is 25.2 Å². The third-order valence-corrected chi connectivity index (χ3v) is 1.08. The summed E-state index contributed by atoms with van der Waals surface area (Å²) in [4.78, 5) is 0. The zero-order valence-electron chi connectivity index (χ0n) is 6.65. The summed E-state index contributed by atoms with van der Waals surface area (Å²) in [5, 5.41) is 11.1. The Labute approximate surface area is 62.5 Å². The molecule has 0 fully saturated rings. The van der Waals surface area contributed by atoms with Gasteiger partial charge >= 0.3 is 0 Å². The summed E-state index contributed by atoms with van der Waals surface area (Å²) >= 11 is 0. The molecule has 0 aliphatic heterocycles. The van der Waals surface area contributed by atoms with Crippen LogP contribution in [0, 0.1) is 11.3 Å². The molecule has 0 atom stereocenters. The molecule has 10 heavy (non-hydrogen) atoms. The Morgan fingerprint density at radius 1 is 1.60 bits per heavy atom. The third kappa shape index (κ3) is 7.19. The Kier molecular flexibility index (Phi) is 5.80. The Morgan fingerprint density at radius 2 is 2.30 bits per heavy atom. The molecule has 0 radical (unpaired) electrons. The van der Waals surface area contributed by atoms with Crippen molar-refractivity contribution >= 4 is 0 Å². The molecule has 2 heteroatoms. The topological polar surface area (TPSA) is 35.8 Å². The molecule has 0 aromatic rings. The van der Waals surface area contributed by atoms with E-state index in [-0.39, 0.29) is 0 Å². The van der Waals surface area contributed by atoms with E-state index in [4.69, 9.17) is 5.26 Å². The highest BCUT2D eigenvalue weighted by Gasteiger charge is 1.81. The average molecular weight is 138 g/mol. The van der Waals surface area contributed by atoms with Gasteiger partial charge in [0.1, 0.15) is 0 Å². The molecular weight excluding hydrogens is 124 g/mol. The van der Waals surface area contributed by atoms with Crippen LogP contribution in [0.5, 0.6) is 0 Å². The first-order valence-corrected chi connectivity index (χ1v) is 3.48. The van der Waals surface area contributed by atoms with Crippen molar-refractivity contribution in [3.8, 4) is 6.07 Å². The molecule has 56 valence electrons. The van der Waals surface area contributed by atoms with Crippen LogP contribution < -0.4 is 5.32 Å². The molecule has 0 spiro atoms. The normalized spacial score (nSPS) is 8.50. The fraction of sp³-hybridized carbons (Fsp3) is 0.625. The number of nitriles is 1. The molecule has 0 aliphatic rings. The lowest BCUT2D eigenvalue weighted by Gasteiger charge is -1.94. The van der Waals surface area contributed by atoms with E-state index in [0.29, 0.717) is 6.54 Å². The number of nitrogens with one attached hydrogen (secondary N) is 1. The van der Waals surface area contributed by atoms with E-state index in [1.54, 1.807) is 0 Å². The summed E-state index contributed by atoms with van der Waals surface area (Å²) < 4.78 is 0. The molecule has 0 amide bonds. The van der Waals surface area contributed by atoms with Crippen molar-refractivity contribution in [2.75, 3.05) is 13.1 Å². The Balaban J connectivity index is 3.07. The van der Waals surface area contributed by atoms with Crippen molar-refractivity contribution in [3.05, 3.63) is 11.6 Å². The van der Waals surface area contributed by atoms with Gasteiger partial charge in [-0.1, -0.05) is 11.6 Å². The Bertz CT molecular complexity index is 138. The van der Waals surface area contributed by atoms with E-state index < -0.39 is 0 Å². The van der Waals surface area contributed by atoms with E-state index in [1.165, 1.54) is 5.57 Å². The molecule has 0 aromatic heterocycles. The van der Waals surface area contributed by atoms with E-state index in [0.717, 1.165) is 13.0 Å². The van der Waals surface area contributed by atoms with Gasteiger partial charge in [-0.25, -0.2) is 0 Å². The van der Waals surface area contributed by atoms with E-state index >= 15 is 0 Å². The minimum absolute atomic E-state index is 0.455. The first-order chi connectivity index (χ1) is 4.77. The van der Waals surface area contributed by atoms with Crippen LogP contribution in [0.4, 0.5) is 0 Å². The highest BCUT2D eigenvalue weighted by molar-refractivity contribution is 4.93. The first-order valence-electron chi connectivity index (χ1n) is 3.48. The second-order valence-corrected chi connectivity index (χ2v) is 2.41. The van der Waals surface area contributed by atoms with Gasteiger partial charge in [-0.05, 0) is 26.8 Å². The van der Waals surface area contributed by atoms with Crippen molar-refractivity contribution in [1.29, 1.82) is 5.26 Å². The van der Waals surface area contributed by atoms with Crippen LogP contribution in [-0.2, 0) is 0 Å². The predicted molar refractivity (Wildman–Crippen MR) is 42.5 cm³/mol. The summed E-state index contributed by atoms with van der Waals surface area (Å²) in [7, 11) is 0. The number of allylic oxidation sites excluding steroid dienone is 1. The summed E-state index contributed by atoms with van der Waals surface area (Å²) in [5.41, 5.74) is 1.33. The highest BCUT2D eigenvalue weighted by atomic mass is 14.8. The first kappa shape index (κ1) is 9.19. The summed E-state index contributed by atoms with van der Waals surface area (Å²) in [6.07, 6.45) is 3.17. The maximum atomic E-state index is 8.15. The van der Waals surface area contributed by atoms with Crippen LogP contribution in [0.1, 0.15) is 20.3 Å². The molecule has 1 N–H and O–H groups in total. The number of rotatable bonds is 4. The van der Waals surface area contributed by atoms with Gasteiger partial charge in [0, 0.05) is 0 Å². The SMILES string of the molecule is CC(C)=CCCNCC#N. The Hall–Kier alpha value is -0.810. The third-order valence-electron chi connectivity index (χ3n) is 1.08. The molecule has 0 heterocycles. The minimum Gasteiger partial charge on any atom is -0.304 e. The van der Waals surface area contributed by atoms with Crippen LogP contribution >= 0.6 is 0 Å². The van der Waals surface area contributed by atoms with Crippen LogP contribution in [0.25, 0.3) is 0 Å². The summed E-state index contributed by atoms with van der Waals surface area (Å²) in [6, 6.07) is 2.02. The van der Waals surface area contributed by atoms with Crippen molar-refractivity contribution in [2.45, 2.75) is 20.3 Å². The zero-order chi connectivity index (χ0) is 7.82. The van der Waals surface area contributed by atoms with Crippen LogP contribution in [0.15, 0.2) is 11.6 Å². The van der Waals surface area contributed by atoms with Gasteiger partial charge in [-0.15, -0.1) is 0 Å². The molecule has 0 aromatic carbocycles. The smallest absolute Gasteiger partial charge is 0.0841 e. The summed E-state index contributed by atoms with van der Waals surface area (Å²) in [6.45, 7) is 5.50. The largest absolute Gasteiger partial charge is 0.304 e. The van der Waals surface area contributed by atoms with Gasteiger partial charge in [-0.3, -0.25) is 0 Å². The van der Waals surface area contributed by atoms with Gasteiger partial charge in [0.2, 0.25) is 0 Å². The van der Waals surface area contributed by atoms with Crippen molar-refractivity contribution in [3.63, 3.8) is 0 Å². The van der Waals surface area contributed by atoms with Crippen LogP contribution in [0.2, 0.25) is 0 Å². The van der Waals surface area contributed by atoms with Gasteiger partial charge in [-0.2, -0.15) is 5.26 Å². The van der Waals surface area contributed by atoms with Gasteiger partial charge in [0.25, 0.3) is 0 Å². The van der Waals surface area contributed by atoms with Crippen molar-refractivity contribution in [1.82, 2.24) is 5.32 Å². The number of hydrogen-bond donors (Lipinski definition) is 1. The van der Waals surface area contributed by atoms with Gasteiger partial charge in [0.05, 0.1) is 12.6 Å². The molecule has 0 rings (SSSR count). The fourth-order valence-corrected chi connectivity index (χ4v) is 0.607. The van der Waals surface area contributed by atoms with E-state index in [9.17, 15) is 0 Å². The van der Waals surface area contributed by atoms with E-state index in [1.807, 2.05) is 6.07 Å². The second kappa shape index (κ2) is 6.31. The predicted octanol–water partition coefficient (Wildman–Crippen LogP) is 1.46. The monoisotopic (exact) mass is 138 g/mol. The number of hydrogen-bond acceptors (Lipinski definition) is 2. The highest BCUT2D eigenvalue weighted by Crippen LogP contribution is 1.90. The lowest BCUT2D eigenvalue weighted by molar-refractivity contribution is 0.759. The Morgan fingerprint density at radius 3 is 2.80 bits per heavy atom. The van der Waals surface area contributed by atoms with Gasteiger partial charge in [0.15, 0.2) is 0 Å². The zero-order valence-corrected chi connectivity index (χ0v) is 6.65. The molecule has 0 saturated heterocycles. The average Bonchev–Trinajstić information content (AvgIpc) is 1.87. The summed E-state index contributed by atoms with van der Waals surface area (Å²) in [5.74, 6) is 0. The fourth-order valence-electron chi connectivity index (χ4n) is 0.607. The molecule has 0 aliphatic carbocycles. The lowest BCUT2D eigenvalue weighted by atomic mass is 10.3. The molecule has 2 nitrogen and oxygen atoms in total. The quantitative estimate of drug-likeness (QED) is 0.362. The molecular formula is C8H14N2. The minimum atomic E-state index is 0.455. The van der Waals surface area contributed by atoms with Crippen molar-refractivity contribution in [2.24, 2.45) is 0 Å².